The van der Waals surface area contributed by atoms with Crippen molar-refractivity contribution in [1.29, 1.82) is 0 Å². The minimum Gasteiger partial charge on any atom is -0.349 e. The molecule has 0 unspecified atom stereocenters. The fourth-order valence-corrected chi connectivity index (χ4v) is 2.61. The highest BCUT2D eigenvalue weighted by atomic mass is 79.9. The van der Waals surface area contributed by atoms with Gasteiger partial charge in [-0.3, -0.25) is 14.9 Å². The maximum Gasteiger partial charge on any atom is 0.257 e. The van der Waals surface area contributed by atoms with E-state index >= 15 is 0 Å². The van der Waals surface area contributed by atoms with Gasteiger partial charge < -0.3 is 10.6 Å². The van der Waals surface area contributed by atoms with Crippen molar-refractivity contribution in [2.75, 3.05) is 11.9 Å². The van der Waals surface area contributed by atoms with E-state index in [0.29, 0.717) is 23.4 Å². The molecule has 0 bridgehead atoms. The average molecular weight is 418 g/mol. The monoisotopic (exact) mass is 417 g/mol. The second-order valence-electron chi connectivity index (χ2n) is 4.96. The first kappa shape index (κ1) is 18.8. The van der Waals surface area contributed by atoms with Gasteiger partial charge in [0.15, 0.2) is 5.11 Å². The average Bonchev–Trinajstić information content (AvgIpc) is 2.60. The second kappa shape index (κ2) is 9.10. The van der Waals surface area contributed by atoms with E-state index in [1.165, 1.54) is 0 Å². The van der Waals surface area contributed by atoms with E-state index in [0.717, 1.165) is 4.47 Å². The molecule has 2 aromatic rings. The van der Waals surface area contributed by atoms with E-state index in [9.17, 15) is 9.59 Å². The molecule has 0 saturated heterocycles. The molecule has 0 aromatic heterocycles. The van der Waals surface area contributed by atoms with Crippen LogP contribution in [0.15, 0.2) is 65.7 Å². The van der Waals surface area contributed by atoms with Gasteiger partial charge in [0.05, 0.1) is 11.3 Å². The van der Waals surface area contributed by atoms with E-state index in [-0.39, 0.29) is 16.9 Å². The number of halogens is 1. The molecule has 0 radical (unpaired) electrons. The number of carbonyl (C=O) groups is 2. The van der Waals surface area contributed by atoms with Gasteiger partial charge >= 0.3 is 0 Å². The van der Waals surface area contributed by atoms with Crippen LogP contribution < -0.4 is 16.0 Å². The highest BCUT2D eigenvalue weighted by molar-refractivity contribution is 9.10. The van der Waals surface area contributed by atoms with Crippen LogP contribution in [0, 0.1) is 0 Å². The van der Waals surface area contributed by atoms with Crippen LogP contribution in [0.5, 0.6) is 0 Å². The number of thiocarbonyl (C=S) groups is 1. The summed E-state index contributed by atoms with van der Waals surface area (Å²) in [6.07, 6.45) is 1.59. The van der Waals surface area contributed by atoms with Gasteiger partial charge in [0.2, 0.25) is 0 Å². The predicted molar refractivity (Wildman–Crippen MR) is 107 cm³/mol. The Bertz CT molecular complexity index is 823. The van der Waals surface area contributed by atoms with Crippen LogP contribution >= 0.6 is 28.1 Å². The van der Waals surface area contributed by atoms with Gasteiger partial charge in [-0.1, -0.05) is 40.2 Å². The molecule has 0 saturated carbocycles. The summed E-state index contributed by atoms with van der Waals surface area (Å²) in [5.41, 5.74) is 1.39. The lowest BCUT2D eigenvalue weighted by Gasteiger charge is -2.13. The van der Waals surface area contributed by atoms with Crippen LogP contribution in [0.4, 0.5) is 5.69 Å². The summed E-state index contributed by atoms with van der Waals surface area (Å²) < 4.78 is 0.795. The van der Waals surface area contributed by atoms with Crippen molar-refractivity contribution in [2.45, 2.75) is 0 Å². The Hall–Kier alpha value is -2.51. The quantitative estimate of drug-likeness (QED) is 0.514. The molecule has 0 spiro atoms. The predicted octanol–water partition coefficient (Wildman–Crippen LogP) is 3.49. The molecule has 2 rings (SSSR count). The minimum atomic E-state index is -0.340. The van der Waals surface area contributed by atoms with Crippen molar-refractivity contribution in [1.82, 2.24) is 10.6 Å². The molecule has 0 atom stereocenters. The highest BCUT2D eigenvalue weighted by Gasteiger charge is 2.13. The lowest BCUT2D eigenvalue weighted by Crippen LogP contribution is -2.35. The maximum absolute atomic E-state index is 12.2. The lowest BCUT2D eigenvalue weighted by atomic mass is 10.1. The van der Waals surface area contributed by atoms with Gasteiger partial charge in [0.1, 0.15) is 0 Å². The molecule has 0 aliphatic carbocycles. The maximum atomic E-state index is 12.2. The molecule has 128 valence electrons. The Morgan fingerprint density at radius 1 is 1.12 bits per heavy atom. The number of anilines is 1. The van der Waals surface area contributed by atoms with E-state index in [1.54, 1.807) is 48.5 Å². The molecule has 0 aliphatic rings. The third-order valence-electron chi connectivity index (χ3n) is 3.14. The van der Waals surface area contributed by atoms with Crippen molar-refractivity contribution >= 4 is 50.8 Å². The Morgan fingerprint density at radius 3 is 2.60 bits per heavy atom. The molecule has 0 fully saturated rings. The minimum absolute atomic E-state index is 0.106. The van der Waals surface area contributed by atoms with Crippen LogP contribution in [-0.2, 0) is 0 Å². The van der Waals surface area contributed by atoms with Gasteiger partial charge in [-0.05, 0) is 42.5 Å². The zero-order chi connectivity index (χ0) is 18.2. The Balaban J connectivity index is 2.06. The molecule has 0 aliphatic heterocycles. The van der Waals surface area contributed by atoms with Crippen molar-refractivity contribution in [3.05, 3.63) is 76.8 Å². The first-order valence-electron chi connectivity index (χ1n) is 7.37. The van der Waals surface area contributed by atoms with Gasteiger partial charge in [0.25, 0.3) is 11.8 Å². The zero-order valence-corrected chi connectivity index (χ0v) is 15.6. The van der Waals surface area contributed by atoms with Crippen molar-refractivity contribution in [2.24, 2.45) is 0 Å². The fraction of sp³-hybridized carbons (Fsp3) is 0.0556. The number of hydrogen-bond acceptors (Lipinski definition) is 3. The lowest BCUT2D eigenvalue weighted by molar-refractivity contribution is 0.0956. The zero-order valence-electron chi connectivity index (χ0n) is 13.2. The Labute approximate surface area is 159 Å². The van der Waals surface area contributed by atoms with Gasteiger partial charge in [-0.25, -0.2) is 0 Å². The first-order chi connectivity index (χ1) is 12.0. The summed E-state index contributed by atoms with van der Waals surface area (Å²) in [4.78, 5) is 24.4. The number of para-hydroxylation sites is 1. The summed E-state index contributed by atoms with van der Waals surface area (Å²) >= 11 is 8.49. The van der Waals surface area contributed by atoms with Crippen molar-refractivity contribution in [3.63, 3.8) is 0 Å². The standard InChI is InChI=1S/C18H16BrN3O2S/c1-2-10-20-17(24)14-8-3-4-9-15(14)21-18(25)22-16(23)12-6-5-7-13(19)11-12/h2-9,11H,1,10H2,(H,20,24)(H2,21,22,23,25). The van der Waals surface area contributed by atoms with Crippen LogP contribution in [-0.4, -0.2) is 23.5 Å². The second-order valence-corrected chi connectivity index (χ2v) is 6.29. The van der Waals surface area contributed by atoms with Crippen LogP contribution in [0.25, 0.3) is 0 Å². The van der Waals surface area contributed by atoms with Gasteiger partial charge in [-0.15, -0.1) is 6.58 Å². The summed E-state index contributed by atoms with van der Waals surface area (Å²) in [5, 5.41) is 8.29. The molecule has 2 aromatic carbocycles. The van der Waals surface area contributed by atoms with Crippen LogP contribution in [0.1, 0.15) is 20.7 Å². The number of rotatable bonds is 5. The molecule has 2 amide bonds. The van der Waals surface area contributed by atoms with E-state index < -0.39 is 0 Å². The summed E-state index contributed by atoms with van der Waals surface area (Å²) in [5.74, 6) is -0.600. The Morgan fingerprint density at radius 2 is 1.88 bits per heavy atom. The molecule has 5 nitrogen and oxygen atoms in total. The number of benzene rings is 2. The highest BCUT2D eigenvalue weighted by Crippen LogP contribution is 2.15. The largest absolute Gasteiger partial charge is 0.349 e. The number of hydrogen-bond donors (Lipinski definition) is 3. The topological polar surface area (TPSA) is 70.2 Å². The number of nitrogens with one attached hydrogen (secondary N) is 3. The SMILES string of the molecule is C=CCNC(=O)c1ccccc1NC(=S)NC(=O)c1cccc(Br)c1. The molecule has 3 N–H and O–H groups in total. The number of carbonyl (C=O) groups excluding carboxylic acids is 2. The molecule has 7 heteroatoms. The van der Waals surface area contributed by atoms with E-state index in [4.69, 9.17) is 12.2 Å². The summed E-state index contributed by atoms with van der Waals surface area (Å²) in [6, 6.07) is 13.8. The summed E-state index contributed by atoms with van der Waals surface area (Å²) in [7, 11) is 0. The van der Waals surface area contributed by atoms with Crippen LogP contribution in [0.3, 0.4) is 0 Å². The van der Waals surface area contributed by atoms with E-state index in [1.807, 2.05) is 6.07 Å². The van der Waals surface area contributed by atoms with Crippen molar-refractivity contribution in [3.8, 4) is 0 Å². The fourth-order valence-electron chi connectivity index (χ4n) is 2.01. The Kier molecular flexibility index (Phi) is 6.85. The van der Waals surface area contributed by atoms with E-state index in [2.05, 4.69) is 38.5 Å². The molecule has 25 heavy (non-hydrogen) atoms. The van der Waals surface area contributed by atoms with Crippen molar-refractivity contribution < 1.29 is 9.59 Å². The smallest absolute Gasteiger partial charge is 0.257 e. The van der Waals surface area contributed by atoms with Gasteiger partial charge in [0, 0.05) is 16.6 Å². The van der Waals surface area contributed by atoms with Gasteiger partial charge in [-0.2, -0.15) is 0 Å². The third-order valence-corrected chi connectivity index (χ3v) is 3.84. The molecule has 0 heterocycles. The molecular formula is C18H16BrN3O2S. The summed E-state index contributed by atoms with van der Waals surface area (Å²) in [6.45, 7) is 3.92. The molecular weight excluding hydrogens is 402 g/mol. The third kappa shape index (κ3) is 5.51. The first-order valence-corrected chi connectivity index (χ1v) is 8.57. The number of amides is 2. The van der Waals surface area contributed by atoms with Crippen LogP contribution in [0.2, 0.25) is 0 Å². The normalized spacial score (nSPS) is 9.80.